The predicted molar refractivity (Wildman–Crippen MR) is 72.3 cm³/mol. The maximum absolute atomic E-state index is 12.6. The van der Waals surface area contributed by atoms with Crippen molar-refractivity contribution in [2.45, 2.75) is 59.0 Å². The molecule has 1 saturated heterocycles. The summed E-state index contributed by atoms with van der Waals surface area (Å²) in [7, 11) is 0. The maximum Gasteiger partial charge on any atom is 0.240 e. The Bertz CT molecular complexity index is 297. The number of carbonyl (C=O) groups is 2. The zero-order valence-electron chi connectivity index (χ0n) is 12.0. The van der Waals surface area contributed by atoms with Crippen molar-refractivity contribution in [2.75, 3.05) is 13.1 Å². The second-order valence-corrected chi connectivity index (χ2v) is 6.13. The molecule has 1 aliphatic rings. The first-order valence-corrected chi connectivity index (χ1v) is 6.91. The van der Waals surface area contributed by atoms with Crippen LogP contribution in [0.5, 0.6) is 0 Å². The van der Waals surface area contributed by atoms with Gasteiger partial charge in [0.15, 0.2) is 0 Å². The van der Waals surface area contributed by atoms with E-state index in [1.165, 1.54) is 0 Å². The van der Waals surface area contributed by atoms with Crippen LogP contribution in [0, 0.1) is 5.41 Å². The molecule has 0 bridgehead atoms. The molecule has 4 nitrogen and oxygen atoms in total. The molecule has 2 atom stereocenters. The van der Waals surface area contributed by atoms with Crippen LogP contribution >= 0.6 is 0 Å². The molecule has 2 unspecified atom stereocenters. The van der Waals surface area contributed by atoms with Crippen molar-refractivity contribution in [3.05, 3.63) is 0 Å². The third kappa shape index (κ3) is 3.55. The molecule has 1 amide bonds. The molecule has 1 fully saturated rings. The number of rotatable bonds is 5. The van der Waals surface area contributed by atoms with Crippen molar-refractivity contribution < 1.29 is 9.59 Å². The predicted octanol–water partition coefficient (Wildman–Crippen LogP) is 1.59. The first-order valence-electron chi connectivity index (χ1n) is 6.91. The largest absolute Gasteiger partial charge is 0.332 e. The molecule has 0 radical (unpaired) electrons. The number of hydrogen-bond acceptors (Lipinski definition) is 3. The van der Waals surface area contributed by atoms with Gasteiger partial charge in [-0.3, -0.25) is 4.79 Å². The Kier molecular flexibility index (Phi) is 5.32. The summed E-state index contributed by atoms with van der Waals surface area (Å²) in [4.78, 5) is 25.3. The number of carbonyl (C=O) groups excluding carboxylic acids is 2. The molecule has 0 aliphatic carbocycles. The van der Waals surface area contributed by atoms with Crippen molar-refractivity contribution in [2.24, 2.45) is 5.41 Å². The van der Waals surface area contributed by atoms with Gasteiger partial charge in [0.2, 0.25) is 5.91 Å². The van der Waals surface area contributed by atoms with Crippen LogP contribution in [0.15, 0.2) is 0 Å². The molecule has 0 aromatic carbocycles. The molecular weight excluding hydrogens is 228 g/mol. The van der Waals surface area contributed by atoms with Gasteiger partial charge in [0.25, 0.3) is 0 Å². The molecule has 0 aromatic heterocycles. The van der Waals surface area contributed by atoms with Gasteiger partial charge >= 0.3 is 0 Å². The SMILES string of the molecule is CCCNC(C(=O)N1CCCC1C=O)C(C)(C)C. The highest BCUT2D eigenvalue weighted by Gasteiger charge is 2.38. The number of aldehydes is 1. The minimum absolute atomic E-state index is 0.0746. The molecule has 4 heteroatoms. The number of nitrogens with zero attached hydrogens (tertiary/aromatic N) is 1. The lowest BCUT2D eigenvalue weighted by molar-refractivity contribution is -0.139. The van der Waals surface area contributed by atoms with Gasteiger partial charge in [-0.2, -0.15) is 0 Å². The van der Waals surface area contributed by atoms with Crippen molar-refractivity contribution >= 4 is 12.2 Å². The molecule has 1 aliphatic heterocycles. The monoisotopic (exact) mass is 254 g/mol. The van der Waals surface area contributed by atoms with Gasteiger partial charge in [0, 0.05) is 6.54 Å². The van der Waals surface area contributed by atoms with Crippen molar-refractivity contribution in [1.82, 2.24) is 10.2 Å². The Hall–Kier alpha value is -0.900. The molecule has 0 aromatic rings. The lowest BCUT2D eigenvalue weighted by Gasteiger charge is -2.34. The molecule has 18 heavy (non-hydrogen) atoms. The Morgan fingerprint density at radius 1 is 1.50 bits per heavy atom. The summed E-state index contributed by atoms with van der Waals surface area (Å²) in [6.45, 7) is 9.80. The van der Waals surface area contributed by atoms with E-state index in [4.69, 9.17) is 0 Å². The van der Waals surface area contributed by atoms with Crippen LogP contribution in [0.1, 0.15) is 47.0 Å². The van der Waals surface area contributed by atoms with Gasteiger partial charge in [-0.1, -0.05) is 27.7 Å². The van der Waals surface area contributed by atoms with E-state index in [-0.39, 0.29) is 23.4 Å². The smallest absolute Gasteiger partial charge is 0.240 e. The van der Waals surface area contributed by atoms with E-state index >= 15 is 0 Å². The van der Waals surface area contributed by atoms with Crippen LogP contribution in [-0.2, 0) is 9.59 Å². The van der Waals surface area contributed by atoms with Crippen LogP contribution in [0.4, 0.5) is 0 Å². The van der Waals surface area contributed by atoms with Gasteiger partial charge in [0.1, 0.15) is 6.29 Å². The highest BCUT2D eigenvalue weighted by molar-refractivity contribution is 5.85. The van der Waals surface area contributed by atoms with Gasteiger partial charge < -0.3 is 15.0 Å². The zero-order chi connectivity index (χ0) is 13.8. The highest BCUT2D eigenvalue weighted by atomic mass is 16.2. The number of likely N-dealkylation sites (tertiary alicyclic amines) is 1. The third-order valence-corrected chi connectivity index (χ3v) is 3.45. The van der Waals surface area contributed by atoms with Crippen LogP contribution in [0.3, 0.4) is 0 Å². The first kappa shape index (κ1) is 15.2. The fourth-order valence-electron chi connectivity index (χ4n) is 2.43. The van der Waals surface area contributed by atoms with E-state index in [0.717, 1.165) is 32.1 Å². The van der Waals surface area contributed by atoms with Crippen LogP contribution < -0.4 is 5.32 Å². The summed E-state index contributed by atoms with van der Waals surface area (Å²) in [5, 5.41) is 3.32. The van der Waals surface area contributed by atoms with E-state index in [1.54, 1.807) is 4.90 Å². The minimum atomic E-state index is -0.217. The fraction of sp³-hybridized carbons (Fsp3) is 0.857. The lowest BCUT2D eigenvalue weighted by Crippen LogP contribution is -2.54. The molecular formula is C14H26N2O2. The van der Waals surface area contributed by atoms with Gasteiger partial charge in [0.05, 0.1) is 12.1 Å². The minimum Gasteiger partial charge on any atom is -0.332 e. The van der Waals surface area contributed by atoms with E-state index in [9.17, 15) is 9.59 Å². The average Bonchev–Trinajstić information content (AvgIpc) is 2.75. The third-order valence-electron chi connectivity index (χ3n) is 3.45. The quantitative estimate of drug-likeness (QED) is 0.758. The highest BCUT2D eigenvalue weighted by Crippen LogP contribution is 2.24. The van der Waals surface area contributed by atoms with Crippen molar-refractivity contribution in [3.8, 4) is 0 Å². The summed E-state index contributed by atoms with van der Waals surface area (Å²) < 4.78 is 0. The molecule has 1 rings (SSSR count). The molecule has 1 N–H and O–H groups in total. The molecule has 0 saturated carbocycles. The van der Waals surface area contributed by atoms with Crippen molar-refractivity contribution in [1.29, 1.82) is 0 Å². The van der Waals surface area contributed by atoms with Gasteiger partial charge in [-0.25, -0.2) is 0 Å². The second-order valence-electron chi connectivity index (χ2n) is 6.13. The average molecular weight is 254 g/mol. The summed E-state index contributed by atoms with van der Waals surface area (Å²) >= 11 is 0. The topological polar surface area (TPSA) is 49.4 Å². The van der Waals surface area contributed by atoms with Crippen LogP contribution in [0.25, 0.3) is 0 Å². The summed E-state index contributed by atoms with van der Waals surface area (Å²) in [6.07, 6.45) is 3.64. The summed E-state index contributed by atoms with van der Waals surface area (Å²) in [6, 6.07) is -0.427. The summed E-state index contributed by atoms with van der Waals surface area (Å²) in [5.74, 6) is 0.0746. The van der Waals surface area contributed by atoms with Crippen LogP contribution in [0.2, 0.25) is 0 Å². The number of nitrogens with one attached hydrogen (secondary N) is 1. The van der Waals surface area contributed by atoms with Crippen molar-refractivity contribution in [3.63, 3.8) is 0 Å². The molecule has 0 spiro atoms. The fourth-order valence-corrected chi connectivity index (χ4v) is 2.43. The molecule has 104 valence electrons. The normalized spacial score (nSPS) is 22.0. The Morgan fingerprint density at radius 3 is 2.67 bits per heavy atom. The molecule has 1 heterocycles. The van der Waals surface area contributed by atoms with Gasteiger partial charge in [-0.05, 0) is 31.2 Å². The standard InChI is InChI=1S/C14H26N2O2/c1-5-8-15-12(14(2,3)4)13(18)16-9-6-7-11(16)10-17/h10-12,15H,5-9H2,1-4H3. The maximum atomic E-state index is 12.6. The number of amides is 1. The second kappa shape index (κ2) is 6.32. The Balaban J connectivity index is 2.78. The first-order chi connectivity index (χ1) is 8.41. The Morgan fingerprint density at radius 2 is 2.17 bits per heavy atom. The number of hydrogen-bond donors (Lipinski definition) is 1. The van der Waals surface area contributed by atoms with E-state index in [2.05, 4.69) is 33.0 Å². The Labute approximate surface area is 110 Å². The van der Waals surface area contributed by atoms with E-state index < -0.39 is 0 Å². The van der Waals surface area contributed by atoms with Crippen LogP contribution in [-0.4, -0.2) is 42.3 Å². The summed E-state index contributed by atoms with van der Waals surface area (Å²) in [5.41, 5.74) is -0.137. The zero-order valence-corrected chi connectivity index (χ0v) is 12.0. The van der Waals surface area contributed by atoms with E-state index in [1.807, 2.05) is 0 Å². The lowest BCUT2D eigenvalue weighted by atomic mass is 9.85. The van der Waals surface area contributed by atoms with Gasteiger partial charge in [-0.15, -0.1) is 0 Å². The van der Waals surface area contributed by atoms with E-state index in [0.29, 0.717) is 6.54 Å².